The van der Waals surface area contributed by atoms with Crippen molar-refractivity contribution in [2.75, 3.05) is 13.1 Å². The summed E-state index contributed by atoms with van der Waals surface area (Å²) in [6.07, 6.45) is 14.4. The van der Waals surface area contributed by atoms with E-state index in [4.69, 9.17) is 0 Å². The van der Waals surface area contributed by atoms with E-state index in [0.29, 0.717) is 0 Å². The Morgan fingerprint density at radius 2 is 1.19 bits per heavy atom. The summed E-state index contributed by atoms with van der Waals surface area (Å²) in [5.74, 6) is 0. The maximum absolute atomic E-state index is 2.77. The molecule has 1 saturated carbocycles. The fourth-order valence-corrected chi connectivity index (χ4v) is 3.03. The lowest BCUT2D eigenvalue weighted by atomic mass is 10.0. The van der Waals surface area contributed by atoms with Crippen LogP contribution in [-0.4, -0.2) is 24.0 Å². The van der Waals surface area contributed by atoms with E-state index in [1.807, 2.05) is 0 Å². The summed E-state index contributed by atoms with van der Waals surface area (Å²) in [5.41, 5.74) is 0. The first-order chi connectivity index (χ1) is 7.88. The fourth-order valence-electron chi connectivity index (χ4n) is 3.03. The van der Waals surface area contributed by atoms with Gasteiger partial charge in [0.05, 0.1) is 0 Å². The Morgan fingerprint density at radius 3 is 1.62 bits per heavy atom. The molecule has 1 fully saturated rings. The summed E-state index contributed by atoms with van der Waals surface area (Å²) < 4.78 is 0. The van der Waals surface area contributed by atoms with Crippen molar-refractivity contribution >= 4 is 0 Å². The number of hydrogen-bond donors (Lipinski definition) is 0. The summed E-state index contributed by atoms with van der Waals surface area (Å²) in [6.45, 7) is 7.27. The van der Waals surface area contributed by atoms with Crippen LogP contribution in [0.3, 0.4) is 0 Å². The zero-order valence-corrected chi connectivity index (χ0v) is 11.5. The van der Waals surface area contributed by atoms with Crippen molar-refractivity contribution in [2.24, 2.45) is 0 Å². The average Bonchev–Trinajstić information content (AvgIpc) is 2.42. The van der Waals surface area contributed by atoms with Gasteiger partial charge in [0.25, 0.3) is 0 Å². The van der Waals surface area contributed by atoms with Gasteiger partial charge in [-0.05, 0) is 38.8 Å². The molecule has 0 aromatic rings. The van der Waals surface area contributed by atoms with Crippen molar-refractivity contribution in [2.45, 2.75) is 84.1 Å². The average molecular weight is 225 g/mol. The molecule has 0 atom stereocenters. The molecule has 1 heteroatoms. The second kappa shape index (κ2) is 9.04. The lowest BCUT2D eigenvalue weighted by Gasteiger charge is -2.31. The van der Waals surface area contributed by atoms with Gasteiger partial charge in [0.2, 0.25) is 0 Å². The summed E-state index contributed by atoms with van der Waals surface area (Å²) >= 11 is 0. The maximum atomic E-state index is 2.77. The monoisotopic (exact) mass is 225 g/mol. The smallest absolute Gasteiger partial charge is 0.00952 e. The molecule has 0 unspecified atom stereocenters. The molecular weight excluding hydrogens is 194 g/mol. The van der Waals surface area contributed by atoms with E-state index in [0.717, 1.165) is 6.04 Å². The lowest BCUT2D eigenvalue weighted by Crippen LogP contribution is -2.36. The molecule has 0 saturated heterocycles. The highest BCUT2D eigenvalue weighted by molar-refractivity contribution is 4.73. The third kappa shape index (κ3) is 5.34. The topological polar surface area (TPSA) is 3.24 Å². The molecule has 0 amide bonds. The molecule has 0 aromatic carbocycles. The van der Waals surface area contributed by atoms with Gasteiger partial charge in [-0.25, -0.2) is 0 Å². The van der Waals surface area contributed by atoms with Crippen molar-refractivity contribution in [3.8, 4) is 0 Å². The Morgan fingerprint density at radius 1 is 0.750 bits per heavy atom. The molecule has 0 N–H and O–H groups in total. The first-order valence-electron chi connectivity index (χ1n) is 7.62. The highest BCUT2D eigenvalue weighted by Crippen LogP contribution is 2.21. The molecule has 0 spiro atoms. The summed E-state index contributed by atoms with van der Waals surface area (Å²) in [7, 11) is 0. The molecule has 0 heterocycles. The van der Waals surface area contributed by atoms with Crippen LogP contribution in [0.15, 0.2) is 0 Å². The Bertz CT molecular complexity index is 140. The zero-order chi connectivity index (χ0) is 11.6. The molecule has 96 valence electrons. The van der Waals surface area contributed by atoms with Crippen LogP contribution in [0.5, 0.6) is 0 Å². The van der Waals surface area contributed by atoms with Gasteiger partial charge in [0.1, 0.15) is 0 Å². The van der Waals surface area contributed by atoms with Gasteiger partial charge in [-0.2, -0.15) is 0 Å². The molecule has 1 nitrogen and oxygen atoms in total. The number of rotatable bonds is 5. The highest BCUT2D eigenvalue weighted by atomic mass is 15.1. The van der Waals surface area contributed by atoms with Crippen LogP contribution >= 0.6 is 0 Å². The predicted molar refractivity (Wildman–Crippen MR) is 72.9 cm³/mol. The van der Waals surface area contributed by atoms with Crippen LogP contribution in [0, 0.1) is 0 Å². The van der Waals surface area contributed by atoms with Gasteiger partial charge in [0, 0.05) is 6.04 Å². The first-order valence-corrected chi connectivity index (χ1v) is 7.62. The van der Waals surface area contributed by atoms with Gasteiger partial charge < -0.3 is 4.90 Å². The van der Waals surface area contributed by atoms with E-state index >= 15 is 0 Å². The standard InChI is InChI=1S/C15H31N/c1-3-13-16(14-4-2)15-11-9-7-5-6-8-10-12-15/h15H,3-14H2,1-2H3. The van der Waals surface area contributed by atoms with Crippen LogP contribution in [0.4, 0.5) is 0 Å². The minimum atomic E-state index is 0.901. The van der Waals surface area contributed by atoms with Gasteiger partial charge >= 0.3 is 0 Å². The lowest BCUT2D eigenvalue weighted by molar-refractivity contribution is 0.173. The maximum Gasteiger partial charge on any atom is 0.00952 e. The van der Waals surface area contributed by atoms with E-state index in [1.54, 1.807) is 0 Å². The molecule has 1 aliphatic carbocycles. The second-order valence-electron chi connectivity index (χ2n) is 5.39. The molecular formula is C15H31N. The van der Waals surface area contributed by atoms with Crippen LogP contribution in [0.2, 0.25) is 0 Å². The van der Waals surface area contributed by atoms with E-state index in [1.165, 1.54) is 77.3 Å². The summed E-state index contributed by atoms with van der Waals surface area (Å²) in [5, 5.41) is 0. The quantitative estimate of drug-likeness (QED) is 0.660. The van der Waals surface area contributed by atoms with Crippen molar-refractivity contribution in [1.82, 2.24) is 4.90 Å². The van der Waals surface area contributed by atoms with Crippen molar-refractivity contribution < 1.29 is 0 Å². The SMILES string of the molecule is CCCN(CCC)C1CCCCCCCC1. The predicted octanol–water partition coefficient (Wildman–Crippen LogP) is 4.61. The zero-order valence-electron chi connectivity index (χ0n) is 11.5. The van der Waals surface area contributed by atoms with Gasteiger partial charge in [-0.1, -0.05) is 52.4 Å². The molecule has 1 aliphatic rings. The first kappa shape index (κ1) is 14.0. The Kier molecular flexibility index (Phi) is 7.92. The van der Waals surface area contributed by atoms with Crippen LogP contribution in [0.25, 0.3) is 0 Å². The van der Waals surface area contributed by atoms with Crippen molar-refractivity contribution in [3.05, 3.63) is 0 Å². The molecule has 0 radical (unpaired) electrons. The van der Waals surface area contributed by atoms with Crippen LogP contribution in [0.1, 0.15) is 78.1 Å². The van der Waals surface area contributed by atoms with E-state index in [9.17, 15) is 0 Å². The van der Waals surface area contributed by atoms with Crippen LogP contribution in [-0.2, 0) is 0 Å². The second-order valence-corrected chi connectivity index (χ2v) is 5.39. The number of hydrogen-bond acceptors (Lipinski definition) is 1. The Balaban J connectivity index is 2.42. The normalized spacial score (nSPS) is 20.4. The highest BCUT2D eigenvalue weighted by Gasteiger charge is 2.17. The molecule has 16 heavy (non-hydrogen) atoms. The summed E-state index contributed by atoms with van der Waals surface area (Å²) in [6, 6.07) is 0.901. The minimum absolute atomic E-state index is 0.901. The van der Waals surface area contributed by atoms with Gasteiger partial charge in [0.15, 0.2) is 0 Å². The third-order valence-corrected chi connectivity index (χ3v) is 3.86. The molecule has 0 aliphatic heterocycles. The molecule has 1 rings (SSSR count). The third-order valence-electron chi connectivity index (χ3n) is 3.86. The van der Waals surface area contributed by atoms with Gasteiger partial charge in [-0.15, -0.1) is 0 Å². The number of nitrogens with zero attached hydrogens (tertiary/aromatic N) is 1. The minimum Gasteiger partial charge on any atom is -0.300 e. The van der Waals surface area contributed by atoms with Gasteiger partial charge in [-0.3, -0.25) is 0 Å². The Labute approximate surface area is 103 Å². The van der Waals surface area contributed by atoms with Crippen molar-refractivity contribution in [1.29, 1.82) is 0 Å². The molecule has 0 bridgehead atoms. The van der Waals surface area contributed by atoms with E-state index in [-0.39, 0.29) is 0 Å². The largest absolute Gasteiger partial charge is 0.300 e. The Hall–Kier alpha value is -0.0400. The molecule has 0 aromatic heterocycles. The van der Waals surface area contributed by atoms with E-state index < -0.39 is 0 Å². The summed E-state index contributed by atoms with van der Waals surface area (Å²) in [4.78, 5) is 2.77. The fraction of sp³-hybridized carbons (Fsp3) is 1.00. The van der Waals surface area contributed by atoms with Crippen LogP contribution < -0.4 is 0 Å². The van der Waals surface area contributed by atoms with Crippen molar-refractivity contribution in [3.63, 3.8) is 0 Å². The van der Waals surface area contributed by atoms with E-state index in [2.05, 4.69) is 18.7 Å².